The summed E-state index contributed by atoms with van der Waals surface area (Å²) >= 11 is 0. The molecule has 0 saturated heterocycles. The van der Waals surface area contributed by atoms with Gasteiger partial charge in [0.05, 0.1) is 42.9 Å². The minimum absolute atomic E-state index is 0.139. The van der Waals surface area contributed by atoms with Crippen molar-refractivity contribution in [3.05, 3.63) is 94.4 Å². The second kappa shape index (κ2) is 11.4. The molecule has 6 rings (SSSR count). The second-order valence-corrected chi connectivity index (χ2v) is 11.2. The number of methoxy groups -OCH3 is 1. The standard InChI is InChI=1S/C32H30N6O6/c1-32(2,42)18-37-17-19(15-35-37)38-26-5-4-6-27(39)23(26)14-24(31(38)41)30(40)36-29-10-8-21(16-34-29)44-28-11-12-33-25-13-20(43-3)7-9-22(25)28/h7-17,42H,4-6,18H2,1-3H3,(H,34,36,40). The van der Waals surface area contributed by atoms with Crippen molar-refractivity contribution in [1.82, 2.24) is 24.3 Å². The van der Waals surface area contributed by atoms with E-state index in [-0.39, 0.29) is 23.7 Å². The van der Waals surface area contributed by atoms with Gasteiger partial charge in [-0.3, -0.25) is 28.6 Å². The molecule has 2 N–H and O–H groups in total. The fraction of sp³-hybridized carbons (Fsp3) is 0.250. The van der Waals surface area contributed by atoms with Gasteiger partial charge < -0.3 is 19.9 Å². The molecule has 12 heteroatoms. The van der Waals surface area contributed by atoms with Gasteiger partial charge in [-0.2, -0.15) is 5.10 Å². The number of aliphatic hydroxyl groups is 1. The fourth-order valence-electron chi connectivity index (χ4n) is 5.22. The Morgan fingerprint density at radius 1 is 1.05 bits per heavy atom. The first-order valence-electron chi connectivity index (χ1n) is 14.0. The molecule has 0 bridgehead atoms. The summed E-state index contributed by atoms with van der Waals surface area (Å²) in [6, 6.07) is 11.8. The summed E-state index contributed by atoms with van der Waals surface area (Å²) in [6.45, 7) is 3.50. The predicted molar refractivity (Wildman–Crippen MR) is 162 cm³/mol. The number of hydrogen-bond acceptors (Lipinski definition) is 9. The lowest BCUT2D eigenvalue weighted by Gasteiger charge is -2.21. The van der Waals surface area contributed by atoms with E-state index in [2.05, 4.69) is 20.4 Å². The fourth-order valence-corrected chi connectivity index (χ4v) is 5.22. The monoisotopic (exact) mass is 594 g/mol. The number of pyridine rings is 3. The van der Waals surface area contributed by atoms with Gasteiger partial charge in [-0.15, -0.1) is 0 Å². The van der Waals surface area contributed by atoms with Crippen molar-refractivity contribution in [3.8, 4) is 22.9 Å². The van der Waals surface area contributed by atoms with Gasteiger partial charge in [0.25, 0.3) is 11.5 Å². The Hall–Kier alpha value is -5.36. The van der Waals surface area contributed by atoms with E-state index in [1.807, 2.05) is 18.2 Å². The molecule has 224 valence electrons. The van der Waals surface area contributed by atoms with E-state index in [1.165, 1.54) is 27.7 Å². The number of ether oxygens (including phenoxy) is 2. The normalized spacial score (nSPS) is 13.0. The average molecular weight is 595 g/mol. The molecule has 0 saturated carbocycles. The lowest BCUT2D eigenvalue weighted by atomic mass is 9.93. The highest BCUT2D eigenvalue weighted by molar-refractivity contribution is 6.06. The molecule has 4 heterocycles. The zero-order chi connectivity index (χ0) is 31.0. The second-order valence-electron chi connectivity index (χ2n) is 11.2. The third kappa shape index (κ3) is 5.79. The van der Waals surface area contributed by atoms with Gasteiger partial charge in [-0.05, 0) is 63.1 Å². The summed E-state index contributed by atoms with van der Waals surface area (Å²) in [7, 11) is 1.59. The first-order chi connectivity index (χ1) is 21.1. The summed E-state index contributed by atoms with van der Waals surface area (Å²) in [4.78, 5) is 48.7. The van der Waals surface area contributed by atoms with Crippen molar-refractivity contribution in [2.75, 3.05) is 12.4 Å². The number of Topliss-reactive ketones (excluding diaryl/α,β-unsaturated/α-hetero) is 1. The molecule has 0 fully saturated rings. The van der Waals surface area contributed by atoms with Gasteiger partial charge >= 0.3 is 0 Å². The van der Waals surface area contributed by atoms with E-state index in [1.54, 1.807) is 51.6 Å². The number of rotatable bonds is 8. The maximum Gasteiger partial charge on any atom is 0.268 e. The van der Waals surface area contributed by atoms with Crippen LogP contribution in [0.1, 0.15) is 53.1 Å². The Morgan fingerprint density at radius 2 is 1.86 bits per heavy atom. The molecule has 4 aromatic heterocycles. The zero-order valence-electron chi connectivity index (χ0n) is 24.4. The maximum absolute atomic E-state index is 13.7. The minimum atomic E-state index is -1.03. The lowest BCUT2D eigenvalue weighted by Crippen LogP contribution is -2.33. The van der Waals surface area contributed by atoms with Crippen LogP contribution in [0.5, 0.6) is 17.2 Å². The number of hydrogen-bond donors (Lipinski definition) is 2. The quantitative estimate of drug-likeness (QED) is 0.268. The number of carbonyl (C=O) groups excluding carboxylic acids is 2. The molecule has 44 heavy (non-hydrogen) atoms. The molecule has 1 aromatic carbocycles. The van der Waals surface area contributed by atoms with Crippen molar-refractivity contribution < 1.29 is 24.2 Å². The number of ketones is 1. The molecule has 1 amide bonds. The van der Waals surface area contributed by atoms with Crippen molar-refractivity contribution in [2.45, 2.75) is 45.3 Å². The van der Waals surface area contributed by atoms with E-state index in [9.17, 15) is 19.5 Å². The van der Waals surface area contributed by atoms with Crippen molar-refractivity contribution >= 4 is 28.4 Å². The summed E-state index contributed by atoms with van der Waals surface area (Å²) in [5, 5.41) is 17.9. The smallest absolute Gasteiger partial charge is 0.268 e. The molecular formula is C32H30N6O6. The Morgan fingerprint density at radius 3 is 2.61 bits per heavy atom. The van der Waals surface area contributed by atoms with Crippen LogP contribution in [-0.2, 0) is 13.0 Å². The SMILES string of the molecule is COc1ccc2c(Oc3ccc(NC(=O)c4cc5c(n(-c6cnn(CC(C)(C)O)c6)c4=O)CCCC5=O)nc3)ccnc2c1. The molecule has 1 aliphatic carbocycles. The van der Waals surface area contributed by atoms with Gasteiger partial charge in [0, 0.05) is 41.5 Å². The summed E-state index contributed by atoms with van der Waals surface area (Å²) in [6.07, 6.45) is 7.60. The van der Waals surface area contributed by atoms with Crippen LogP contribution in [-0.4, -0.2) is 53.8 Å². The van der Waals surface area contributed by atoms with Crippen LogP contribution in [0.4, 0.5) is 5.82 Å². The highest BCUT2D eigenvalue weighted by atomic mass is 16.5. The number of aromatic nitrogens is 5. The number of nitrogens with one attached hydrogen (secondary N) is 1. The number of amides is 1. The molecular weight excluding hydrogens is 564 g/mol. The maximum atomic E-state index is 13.7. The van der Waals surface area contributed by atoms with E-state index < -0.39 is 17.1 Å². The van der Waals surface area contributed by atoms with E-state index in [0.29, 0.717) is 59.0 Å². The number of fused-ring (bicyclic) bond motifs is 2. The van der Waals surface area contributed by atoms with Crippen LogP contribution in [0.15, 0.2) is 72.0 Å². The summed E-state index contributed by atoms with van der Waals surface area (Å²) < 4.78 is 14.2. The van der Waals surface area contributed by atoms with Crippen molar-refractivity contribution in [1.29, 1.82) is 0 Å². The molecule has 5 aromatic rings. The zero-order valence-corrected chi connectivity index (χ0v) is 24.4. The number of anilines is 1. The van der Waals surface area contributed by atoms with Crippen LogP contribution in [0.3, 0.4) is 0 Å². The van der Waals surface area contributed by atoms with Gasteiger partial charge in [0.15, 0.2) is 5.78 Å². The molecule has 0 spiro atoms. The van der Waals surface area contributed by atoms with Crippen molar-refractivity contribution in [2.24, 2.45) is 0 Å². The van der Waals surface area contributed by atoms with E-state index in [0.717, 1.165) is 5.39 Å². The minimum Gasteiger partial charge on any atom is -0.497 e. The van der Waals surface area contributed by atoms with Gasteiger partial charge in [-0.1, -0.05) is 0 Å². The summed E-state index contributed by atoms with van der Waals surface area (Å²) in [5.74, 6) is 1.03. The van der Waals surface area contributed by atoms with E-state index >= 15 is 0 Å². The van der Waals surface area contributed by atoms with E-state index in [4.69, 9.17) is 9.47 Å². The number of benzene rings is 1. The Kier molecular flexibility index (Phi) is 7.43. The Balaban J connectivity index is 1.27. The molecule has 1 aliphatic rings. The Labute approximate surface area is 251 Å². The Bertz CT molecular complexity index is 1960. The van der Waals surface area contributed by atoms with Crippen LogP contribution >= 0.6 is 0 Å². The highest BCUT2D eigenvalue weighted by Gasteiger charge is 2.27. The third-order valence-corrected chi connectivity index (χ3v) is 7.21. The van der Waals surface area contributed by atoms with Gasteiger partial charge in [0.1, 0.15) is 28.6 Å². The molecule has 0 unspecified atom stereocenters. The topological polar surface area (TPSA) is 150 Å². The van der Waals surface area contributed by atoms with Crippen LogP contribution in [0.2, 0.25) is 0 Å². The average Bonchev–Trinajstić information content (AvgIpc) is 3.44. The number of nitrogens with zero attached hydrogens (tertiary/aromatic N) is 5. The first-order valence-corrected chi connectivity index (χ1v) is 14.0. The predicted octanol–water partition coefficient (Wildman–Crippen LogP) is 4.32. The largest absolute Gasteiger partial charge is 0.497 e. The highest BCUT2D eigenvalue weighted by Crippen LogP contribution is 2.31. The molecule has 0 radical (unpaired) electrons. The molecule has 0 aliphatic heterocycles. The first kappa shape index (κ1) is 28.7. The van der Waals surface area contributed by atoms with Crippen LogP contribution in [0.25, 0.3) is 16.6 Å². The lowest BCUT2D eigenvalue weighted by molar-refractivity contribution is 0.0577. The van der Waals surface area contributed by atoms with Gasteiger partial charge in [-0.25, -0.2) is 4.98 Å². The van der Waals surface area contributed by atoms with Crippen LogP contribution in [0, 0.1) is 0 Å². The third-order valence-electron chi connectivity index (χ3n) is 7.21. The molecule has 0 atom stereocenters. The van der Waals surface area contributed by atoms with Crippen LogP contribution < -0.4 is 20.3 Å². The molecule has 12 nitrogen and oxygen atoms in total. The van der Waals surface area contributed by atoms with Crippen molar-refractivity contribution in [3.63, 3.8) is 0 Å². The summed E-state index contributed by atoms with van der Waals surface area (Å²) in [5.41, 5.74) is 0.163. The van der Waals surface area contributed by atoms with Gasteiger partial charge in [0.2, 0.25) is 0 Å². The number of carbonyl (C=O) groups is 2.